The Morgan fingerprint density at radius 3 is 3.06 bits per heavy atom. The summed E-state index contributed by atoms with van der Waals surface area (Å²) in [6, 6.07) is 3.75. The van der Waals surface area contributed by atoms with Crippen LogP contribution in [0.5, 0.6) is 0 Å². The van der Waals surface area contributed by atoms with E-state index in [9.17, 15) is 4.79 Å². The Labute approximate surface area is 100 Å². The van der Waals surface area contributed by atoms with Gasteiger partial charge in [0.2, 0.25) is 0 Å². The van der Waals surface area contributed by atoms with Crippen molar-refractivity contribution in [2.24, 2.45) is 0 Å². The van der Waals surface area contributed by atoms with Crippen LogP contribution in [-0.2, 0) is 24.1 Å². The minimum absolute atomic E-state index is 0.149. The highest BCUT2D eigenvalue weighted by Crippen LogP contribution is 2.21. The Morgan fingerprint density at radius 2 is 2.35 bits per heavy atom. The molecule has 0 saturated carbocycles. The fourth-order valence-electron chi connectivity index (χ4n) is 2.40. The Balaban J connectivity index is 2.38. The van der Waals surface area contributed by atoms with Crippen molar-refractivity contribution in [1.82, 2.24) is 4.57 Å². The fraction of sp³-hybridized carbons (Fsp3) is 0.538. The molecule has 0 bridgehead atoms. The van der Waals surface area contributed by atoms with Crippen LogP contribution in [0.2, 0.25) is 0 Å². The summed E-state index contributed by atoms with van der Waals surface area (Å²) < 4.78 is 6.76. The molecule has 4 nitrogen and oxygen atoms in total. The first-order chi connectivity index (χ1) is 8.27. The van der Waals surface area contributed by atoms with E-state index in [4.69, 9.17) is 10.00 Å². The van der Waals surface area contributed by atoms with Crippen LogP contribution in [0.4, 0.5) is 0 Å². The van der Waals surface area contributed by atoms with E-state index in [2.05, 4.69) is 0 Å². The second-order valence-corrected chi connectivity index (χ2v) is 4.30. The molecule has 90 valence electrons. The van der Waals surface area contributed by atoms with Gasteiger partial charge in [0.1, 0.15) is 11.6 Å². The minimum Gasteiger partial charge on any atom is -0.385 e. The van der Waals surface area contributed by atoms with Gasteiger partial charge in [0.25, 0.3) is 5.56 Å². The standard InChI is InChI=1S/C13H16N2O2/c1-17-7-3-6-15-12-5-2-4-10(12)8-11(9-14)13(15)16/h8H,2-7H2,1H3. The molecule has 1 aromatic heterocycles. The smallest absolute Gasteiger partial charge is 0.268 e. The third-order valence-electron chi connectivity index (χ3n) is 3.20. The predicted molar refractivity (Wildman–Crippen MR) is 63.9 cm³/mol. The molecule has 4 heteroatoms. The molecule has 2 rings (SSSR count). The molecule has 0 unspecified atom stereocenters. The molecule has 0 N–H and O–H groups in total. The largest absolute Gasteiger partial charge is 0.385 e. The number of hydrogen-bond donors (Lipinski definition) is 0. The number of nitrogens with zero attached hydrogens (tertiary/aromatic N) is 2. The van der Waals surface area contributed by atoms with E-state index in [1.54, 1.807) is 17.7 Å². The molecule has 0 radical (unpaired) electrons. The van der Waals surface area contributed by atoms with Crippen molar-refractivity contribution in [3.63, 3.8) is 0 Å². The van der Waals surface area contributed by atoms with Crippen LogP contribution >= 0.6 is 0 Å². The van der Waals surface area contributed by atoms with Crippen LogP contribution in [0.1, 0.15) is 29.7 Å². The number of ether oxygens (including phenoxy) is 1. The monoisotopic (exact) mass is 232 g/mol. The van der Waals surface area contributed by atoms with Gasteiger partial charge in [0, 0.05) is 26.0 Å². The SMILES string of the molecule is COCCCn1c2c(cc(C#N)c1=O)CCC2. The van der Waals surface area contributed by atoms with E-state index in [1.165, 1.54) is 5.56 Å². The molecule has 1 aromatic rings. The molecular weight excluding hydrogens is 216 g/mol. The summed E-state index contributed by atoms with van der Waals surface area (Å²) in [6.07, 6.45) is 3.81. The normalized spacial score (nSPS) is 13.4. The highest BCUT2D eigenvalue weighted by molar-refractivity contribution is 5.36. The number of methoxy groups -OCH3 is 1. The van der Waals surface area contributed by atoms with E-state index in [1.807, 2.05) is 6.07 Å². The average molecular weight is 232 g/mol. The van der Waals surface area contributed by atoms with Gasteiger partial charge in [-0.1, -0.05) is 0 Å². The summed E-state index contributed by atoms with van der Waals surface area (Å²) in [5.41, 5.74) is 2.40. The van der Waals surface area contributed by atoms with E-state index >= 15 is 0 Å². The fourth-order valence-corrected chi connectivity index (χ4v) is 2.40. The van der Waals surface area contributed by atoms with E-state index in [0.717, 1.165) is 31.4 Å². The lowest BCUT2D eigenvalue weighted by Crippen LogP contribution is -2.26. The first-order valence-electron chi connectivity index (χ1n) is 5.92. The zero-order chi connectivity index (χ0) is 12.3. The van der Waals surface area contributed by atoms with Crippen LogP contribution in [0.25, 0.3) is 0 Å². The zero-order valence-electron chi connectivity index (χ0n) is 10.0. The molecule has 0 spiro atoms. The van der Waals surface area contributed by atoms with Gasteiger partial charge in [0.05, 0.1) is 0 Å². The van der Waals surface area contributed by atoms with Crippen molar-refractivity contribution in [3.8, 4) is 6.07 Å². The highest BCUT2D eigenvalue weighted by atomic mass is 16.5. The molecule has 1 aliphatic carbocycles. The molecule has 0 saturated heterocycles. The van der Waals surface area contributed by atoms with Crippen LogP contribution in [0.15, 0.2) is 10.9 Å². The maximum atomic E-state index is 12.1. The third kappa shape index (κ3) is 2.25. The maximum absolute atomic E-state index is 12.1. The van der Waals surface area contributed by atoms with Crippen molar-refractivity contribution >= 4 is 0 Å². The van der Waals surface area contributed by atoms with Crippen LogP contribution < -0.4 is 5.56 Å². The maximum Gasteiger partial charge on any atom is 0.268 e. The summed E-state index contributed by atoms with van der Waals surface area (Å²) in [6.45, 7) is 1.28. The molecule has 0 aliphatic heterocycles. The van der Waals surface area contributed by atoms with Gasteiger partial charge in [-0.3, -0.25) is 4.79 Å². The second-order valence-electron chi connectivity index (χ2n) is 4.30. The summed E-state index contributed by atoms with van der Waals surface area (Å²) in [5.74, 6) is 0. The van der Waals surface area contributed by atoms with Gasteiger partial charge < -0.3 is 9.30 Å². The number of aromatic nitrogens is 1. The molecule has 17 heavy (non-hydrogen) atoms. The van der Waals surface area contributed by atoms with Gasteiger partial charge in [-0.2, -0.15) is 5.26 Å². The van der Waals surface area contributed by atoms with Gasteiger partial charge in [-0.05, 0) is 37.3 Å². The van der Waals surface area contributed by atoms with Crippen LogP contribution in [0, 0.1) is 11.3 Å². The van der Waals surface area contributed by atoms with Crippen LogP contribution in [0.3, 0.4) is 0 Å². The summed E-state index contributed by atoms with van der Waals surface area (Å²) in [7, 11) is 1.65. The van der Waals surface area contributed by atoms with Crippen molar-refractivity contribution in [2.45, 2.75) is 32.2 Å². The Bertz CT molecular complexity index is 511. The van der Waals surface area contributed by atoms with Gasteiger partial charge in [-0.25, -0.2) is 0 Å². The molecule has 0 amide bonds. The number of nitriles is 1. The van der Waals surface area contributed by atoms with Crippen molar-refractivity contribution in [1.29, 1.82) is 5.26 Å². The van der Waals surface area contributed by atoms with Crippen molar-refractivity contribution < 1.29 is 4.74 Å². The Hall–Kier alpha value is -1.60. The number of aryl methyl sites for hydroxylation is 1. The minimum atomic E-state index is -0.149. The molecule has 1 heterocycles. The molecular formula is C13H16N2O2. The van der Waals surface area contributed by atoms with Gasteiger partial charge >= 0.3 is 0 Å². The Kier molecular flexibility index (Phi) is 3.60. The number of fused-ring (bicyclic) bond motifs is 1. The van der Waals surface area contributed by atoms with Crippen LogP contribution in [-0.4, -0.2) is 18.3 Å². The summed E-state index contributed by atoms with van der Waals surface area (Å²) >= 11 is 0. The molecule has 0 atom stereocenters. The number of pyridine rings is 1. The molecule has 0 aromatic carbocycles. The Morgan fingerprint density at radius 1 is 1.53 bits per heavy atom. The van der Waals surface area contributed by atoms with Crippen molar-refractivity contribution in [3.05, 3.63) is 33.2 Å². The second kappa shape index (κ2) is 5.15. The number of rotatable bonds is 4. The van der Waals surface area contributed by atoms with Gasteiger partial charge in [-0.15, -0.1) is 0 Å². The zero-order valence-corrected chi connectivity index (χ0v) is 10.0. The first kappa shape index (κ1) is 11.9. The quantitative estimate of drug-likeness (QED) is 0.734. The predicted octanol–water partition coefficient (Wildman–Crippen LogP) is 1.25. The lowest BCUT2D eigenvalue weighted by atomic mass is 10.1. The van der Waals surface area contributed by atoms with Crippen molar-refractivity contribution in [2.75, 3.05) is 13.7 Å². The van der Waals surface area contributed by atoms with E-state index < -0.39 is 0 Å². The highest BCUT2D eigenvalue weighted by Gasteiger charge is 2.18. The number of hydrogen-bond acceptors (Lipinski definition) is 3. The first-order valence-corrected chi connectivity index (χ1v) is 5.92. The molecule has 0 fully saturated rings. The third-order valence-corrected chi connectivity index (χ3v) is 3.20. The lowest BCUT2D eigenvalue weighted by molar-refractivity contribution is 0.189. The molecule has 1 aliphatic rings. The lowest BCUT2D eigenvalue weighted by Gasteiger charge is -2.12. The topological polar surface area (TPSA) is 55.0 Å². The van der Waals surface area contributed by atoms with E-state index in [-0.39, 0.29) is 11.1 Å². The summed E-state index contributed by atoms with van der Waals surface area (Å²) in [5, 5.41) is 8.96. The van der Waals surface area contributed by atoms with E-state index in [0.29, 0.717) is 13.2 Å². The summed E-state index contributed by atoms with van der Waals surface area (Å²) in [4.78, 5) is 12.1. The van der Waals surface area contributed by atoms with Gasteiger partial charge in [0.15, 0.2) is 0 Å². The average Bonchev–Trinajstić information content (AvgIpc) is 2.79.